The molecule has 2 bridgehead atoms. The summed E-state index contributed by atoms with van der Waals surface area (Å²) >= 11 is 3.34. The average Bonchev–Trinajstić information content (AvgIpc) is 3.57. The lowest BCUT2D eigenvalue weighted by Gasteiger charge is -2.71. The molecule has 45 heavy (non-hydrogen) atoms. The van der Waals surface area contributed by atoms with Gasteiger partial charge in [0.05, 0.1) is 28.5 Å². The molecule has 2 aromatic carbocycles. The zero-order valence-electron chi connectivity index (χ0n) is 26.4. The van der Waals surface area contributed by atoms with Crippen LogP contribution in [0.3, 0.4) is 0 Å². The van der Waals surface area contributed by atoms with Crippen molar-refractivity contribution in [3.05, 3.63) is 77.9 Å². The lowest BCUT2D eigenvalue weighted by Crippen LogP contribution is -2.67. The molecule has 2 N–H and O–H groups in total. The summed E-state index contributed by atoms with van der Waals surface area (Å²) in [6.45, 7) is 7.37. The number of benzene rings is 2. The van der Waals surface area contributed by atoms with E-state index >= 15 is 0 Å². The molecule has 3 fully saturated rings. The molecule has 8 atom stereocenters. The number of aliphatic hydroxyl groups excluding tert-OH is 1. The average molecular weight is 642 g/mol. The lowest BCUT2D eigenvalue weighted by molar-refractivity contribution is -0.166. The number of nitrogens with zero attached hydrogens (tertiary/aromatic N) is 1. The normalized spacial score (nSPS) is 39.7. The fourth-order valence-corrected chi connectivity index (χ4v) is 13.1. The molecule has 3 saturated carbocycles. The van der Waals surface area contributed by atoms with Gasteiger partial charge in [-0.2, -0.15) is 0 Å². The minimum atomic E-state index is -0.874. The van der Waals surface area contributed by atoms with Gasteiger partial charge in [0.1, 0.15) is 5.75 Å². The van der Waals surface area contributed by atoms with Gasteiger partial charge in [0, 0.05) is 33.1 Å². The van der Waals surface area contributed by atoms with Crippen molar-refractivity contribution in [2.75, 3.05) is 12.4 Å². The largest absolute Gasteiger partial charge is 0.494 e. The van der Waals surface area contributed by atoms with Gasteiger partial charge in [-0.1, -0.05) is 74.2 Å². The Labute approximate surface area is 274 Å². The van der Waals surface area contributed by atoms with Crippen LogP contribution in [0.15, 0.2) is 76.7 Å². The topological polar surface area (TPSA) is 79.7 Å². The highest BCUT2D eigenvalue weighted by Crippen LogP contribution is 2.78. The number of ether oxygens (including phenoxy) is 1. The van der Waals surface area contributed by atoms with Crippen LogP contribution >= 0.6 is 23.1 Å². The van der Waals surface area contributed by atoms with E-state index in [9.17, 15) is 15.0 Å². The molecule has 2 spiro atoms. The van der Waals surface area contributed by atoms with Crippen LogP contribution in [0.1, 0.15) is 76.1 Å². The van der Waals surface area contributed by atoms with E-state index in [1.807, 2.05) is 49.4 Å². The van der Waals surface area contributed by atoms with Gasteiger partial charge in [0.25, 0.3) is 0 Å². The van der Waals surface area contributed by atoms with Gasteiger partial charge in [-0.15, -0.1) is 11.3 Å². The number of ketones is 1. The van der Waals surface area contributed by atoms with Gasteiger partial charge in [0.15, 0.2) is 10.1 Å². The van der Waals surface area contributed by atoms with E-state index in [1.54, 1.807) is 23.1 Å². The number of thioether (sulfide) groups is 1. The van der Waals surface area contributed by atoms with Crippen molar-refractivity contribution in [1.29, 1.82) is 0 Å². The minimum absolute atomic E-state index is 0.0282. The zero-order valence-corrected chi connectivity index (χ0v) is 28.1. The Kier molecular flexibility index (Phi) is 6.83. The number of hydrogen-bond acceptors (Lipinski definition) is 7. The van der Waals surface area contributed by atoms with Crippen molar-refractivity contribution in [3.8, 4) is 5.75 Å². The number of aliphatic hydroxyl groups is 2. The highest BCUT2D eigenvalue weighted by Gasteiger charge is 2.74. The summed E-state index contributed by atoms with van der Waals surface area (Å²) in [6.07, 6.45) is 12.7. The Morgan fingerprint density at radius 1 is 1.02 bits per heavy atom. The number of allylic oxidation sites excluding steroid dienone is 4. The minimum Gasteiger partial charge on any atom is -0.494 e. The summed E-state index contributed by atoms with van der Waals surface area (Å²) in [7, 11) is 0. The number of carbonyl (C=O) groups excluding carboxylic acids is 1. The lowest BCUT2D eigenvalue weighted by atomic mass is 9.32. The van der Waals surface area contributed by atoms with Crippen molar-refractivity contribution >= 4 is 39.1 Å². The molecule has 7 heteroatoms. The molecule has 0 saturated heterocycles. The molecular formula is C38H43NO4S2. The molecule has 6 aliphatic rings. The van der Waals surface area contributed by atoms with Gasteiger partial charge < -0.3 is 14.9 Å². The molecule has 1 heterocycles. The summed E-state index contributed by atoms with van der Waals surface area (Å²) in [5.74, 6) is 2.00. The maximum Gasteiger partial charge on any atom is 0.189 e. The van der Waals surface area contributed by atoms with Gasteiger partial charge >= 0.3 is 0 Å². The highest BCUT2D eigenvalue weighted by atomic mass is 32.2. The van der Waals surface area contributed by atoms with Crippen LogP contribution < -0.4 is 4.74 Å². The second-order valence-corrected chi connectivity index (χ2v) is 17.1. The van der Waals surface area contributed by atoms with E-state index in [2.05, 4.69) is 38.1 Å². The number of hydrogen-bond donors (Lipinski definition) is 2. The number of thiazole rings is 1. The number of Topliss-reactive ketones (excluding diaryl/α,β-unsaturated/α-hetero) is 1. The molecule has 0 amide bonds. The van der Waals surface area contributed by atoms with Crippen LogP contribution in [-0.2, 0) is 0 Å². The molecule has 1 unspecified atom stereocenters. The van der Waals surface area contributed by atoms with Crippen molar-refractivity contribution < 1.29 is 19.7 Å². The highest BCUT2D eigenvalue weighted by molar-refractivity contribution is 8.01. The monoisotopic (exact) mass is 641 g/mol. The fourth-order valence-electron chi connectivity index (χ4n) is 10.7. The number of carbonyl (C=O) groups is 1. The molecule has 1 aromatic heterocycles. The fraction of sp³-hybridized carbons (Fsp3) is 0.526. The van der Waals surface area contributed by atoms with Crippen molar-refractivity contribution in [2.45, 2.75) is 81.8 Å². The van der Waals surface area contributed by atoms with Crippen LogP contribution in [-0.4, -0.2) is 45.0 Å². The van der Waals surface area contributed by atoms with Crippen molar-refractivity contribution in [2.24, 2.45) is 33.5 Å². The van der Waals surface area contributed by atoms with Crippen LogP contribution in [0.4, 0.5) is 0 Å². The molecule has 5 nitrogen and oxygen atoms in total. The number of fused-ring (bicyclic) bond motifs is 2. The summed E-state index contributed by atoms with van der Waals surface area (Å²) in [5.41, 5.74) is 0.608. The predicted molar refractivity (Wildman–Crippen MR) is 181 cm³/mol. The Bertz CT molecular complexity index is 1730. The van der Waals surface area contributed by atoms with Gasteiger partial charge in [-0.3, -0.25) is 4.79 Å². The SMILES string of the molecule is CCOc1ccc2nc(SC[C@]3(O)CC[C@H]4[C@]56C=C[C@@]7(C=C5C(=O)c5ccccc5)CC(O)CC[C@]7(C)[C@H]6CC[C@@]43C)sc2c1. The first kappa shape index (κ1) is 29.9. The summed E-state index contributed by atoms with van der Waals surface area (Å²) in [6, 6.07) is 15.8. The summed E-state index contributed by atoms with van der Waals surface area (Å²) < 4.78 is 7.78. The molecule has 0 aliphatic heterocycles. The Morgan fingerprint density at radius 2 is 1.78 bits per heavy atom. The molecule has 3 aromatic rings. The predicted octanol–water partition coefficient (Wildman–Crippen LogP) is 8.26. The molecule has 236 valence electrons. The second kappa shape index (κ2) is 10.3. The van der Waals surface area contributed by atoms with Crippen LogP contribution in [0.25, 0.3) is 10.2 Å². The van der Waals surface area contributed by atoms with Crippen LogP contribution in [0, 0.1) is 33.5 Å². The first-order valence-electron chi connectivity index (χ1n) is 16.7. The third-order valence-corrected chi connectivity index (χ3v) is 15.5. The maximum atomic E-state index is 14.6. The van der Waals surface area contributed by atoms with E-state index in [0.717, 1.165) is 70.0 Å². The smallest absolute Gasteiger partial charge is 0.189 e. The molecule has 0 radical (unpaired) electrons. The van der Waals surface area contributed by atoms with E-state index in [0.29, 0.717) is 24.7 Å². The van der Waals surface area contributed by atoms with Crippen molar-refractivity contribution in [1.82, 2.24) is 4.98 Å². The van der Waals surface area contributed by atoms with E-state index in [1.165, 1.54) is 0 Å². The Balaban J connectivity index is 1.16. The molecule has 6 aliphatic carbocycles. The van der Waals surface area contributed by atoms with E-state index < -0.39 is 11.0 Å². The van der Waals surface area contributed by atoms with Gasteiger partial charge in [-0.25, -0.2) is 4.98 Å². The van der Waals surface area contributed by atoms with Crippen LogP contribution in [0.2, 0.25) is 0 Å². The number of rotatable bonds is 7. The zero-order chi connectivity index (χ0) is 31.2. The molecule has 9 rings (SSSR count). The van der Waals surface area contributed by atoms with E-state index in [4.69, 9.17) is 9.72 Å². The Morgan fingerprint density at radius 3 is 2.58 bits per heavy atom. The first-order chi connectivity index (χ1) is 21.6. The quantitative estimate of drug-likeness (QED) is 0.154. The van der Waals surface area contributed by atoms with Gasteiger partial charge in [0.2, 0.25) is 0 Å². The standard InChI is InChI=1S/C38H43NO4S2/c1-4-43-26-10-11-28-29(20-26)45-33(39-28)44-23-37(42)17-14-31-35(37,3)16-13-30-34(2)15-12-25(40)21-36(34)18-19-38(30,31)27(22-36)32(41)24-8-6-5-7-9-24/h5-11,18-20,22,25,30-31,40,42H,4,12-17,21,23H2,1-3H3/t25?,30-,31-,34-,35+,36+,37-,38-/m1/s1. The summed E-state index contributed by atoms with van der Waals surface area (Å²) in [4.78, 5) is 19.5. The van der Waals surface area contributed by atoms with Crippen LogP contribution in [0.5, 0.6) is 5.75 Å². The van der Waals surface area contributed by atoms with Gasteiger partial charge in [-0.05, 0) is 87.3 Å². The van der Waals surface area contributed by atoms with E-state index in [-0.39, 0.29) is 34.1 Å². The first-order valence-corrected chi connectivity index (χ1v) is 18.5. The summed E-state index contributed by atoms with van der Waals surface area (Å²) in [5, 5.41) is 23.6. The van der Waals surface area contributed by atoms with Crippen molar-refractivity contribution in [3.63, 3.8) is 0 Å². The maximum absolute atomic E-state index is 14.6. The third-order valence-electron chi connectivity index (χ3n) is 13.1. The second-order valence-electron chi connectivity index (χ2n) is 14.8. The molecular weight excluding hydrogens is 599 g/mol. The Hall–Kier alpha value is -2.45. The number of aromatic nitrogens is 1. The third kappa shape index (κ3) is 4.06.